The zero-order valence-electron chi connectivity index (χ0n) is 7.97. The molecule has 1 saturated carbocycles. The largest absolute Gasteiger partial charge is 0.392 e. The summed E-state index contributed by atoms with van der Waals surface area (Å²) in [6, 6.07) is 0. The molecule has 2 unspecified atom stereocenters. The molecule has 12 heavy (non-hydrogen) atoms. The van der Waals surface area contributed by atoms with Crippen LogP contribution in [0.1, 0.15) is 46.0 Å². The van der Waals surface area contributed by atoms with Gasteiger partial charge in [0.05, 0.1) is 11.5 Å². The number of ketones is 1. The molecule has 1 fully saturated rings. The van der Waals surface area contributed by atoms with Gasteiger partial charge in [0.15, 0.2) is 0 Å². The SMILES string of the molecule is CCC(=O)C1(C)CCCCC1O. The Morgan fingerprint density at radius 1 is 1.58 bits per heavy atom. The van der Waals surface area contributed by atoms with E-state index in [1.54, 1.807) is 0 Å². The Morgan fingerprint density at radius 3 is 2.75 bits per heavy atom. The molecule has 0 radical (unpaired) electrons. The van der Waals surface area contributed by atoms with E-state index in [-0.39, 0.29) is 5.78 Å². The van der Waals surface area contributed by atoms with Crippen molar-refractivity contribution in [3.05, 3.63) is 0 Å². The highest BCUT2D eigenvalue weighted by Crippen LogP contribution is 2.37. The first-order valence-electron chi connectivity index (χ1n) is 4.82. The number of aliphatic hydroxyl groups is 1. The van der Waals surface area contributed by atoms with Gasteiger partial charge in [0, 0.05) is 6.42 Å². The average Bonchev–Trinajstić information content (AvgIpc) is 2.09. The van der Waals surface area contributed by atoms with Crippen LogP contribution < -0.4 is 0 Å². The van der Waals surface area contributed by atoms with Crippen molar-refractivity contribution in [1.82, 2.24) is 0 Å². The number of carbonyl (C=O) groups excluding carboxylic acids is 1. The second-order valence-electron chi connectivity index (χ2n) is 3.96. The first kappa shape index (κ1) is 9.72. The molecule has 0 saturated heterocycles. The summed E-state index contributed by atoms with van der Waals surface area (Å²) in [6.07, 6.45) is 3.95. The zero-order chi connectivity index (χ0) is 9.19. The van der Waals surface area contributed by atoms with Crippen molar-refractivity contribution in [3.63, 3.8) is 0 Å². The Kier molecular flexibility index (Phi) is 2.89. The van der Waals surface area contributed by atoms with Crippen molar-refractivity contribution in [2.24, 2.45) is 5.41 Å². The molecule has 2 heteroatoms. The number of rotatable bonds is 2. The van der Waals surface area contributed by atoms with Crippen LogP contribution in [0.5, 0.6) is 0 Å². The van der Waals surface area contributed by atoms with Crippen LogP contribution in [-0.2, 0) is 4.79 Å². The summed E-state index contributed by atoms with van der Waals surface area (Å²) in [5, 5.41) is 9.71. The maximum Gasteiger partial charge on any atom is 0.141 e. The lowest BCUT2D eigenvalue weighted by Gasteiger charge is -2.36. The molecule has 0 aromatic heterocycles. The molecule has 0 aliphatic heterocycles. The predicted octanol–water partition coefficient (Wildman–Crippen LogP) is 1.91. The Morgan fingerprint density at radius 2 is 2.25 bits per heavy atom. The van der Waals surface area contributed by atoms with E-state index in [0.29, 0.717) is 6.42 Å². The van der Waals surface area contributed by atoms with Gasteiger partial charge in [-0.1, -0.05) is 26.7 Å². The first-order valence-corrected chi connectivity index (χ1v) is 4.82. The van der Waals surface area contributed by atoms with Crippen LogP contribution in [0.25, 0.3) is 0 Å². The summed E-state index contributed by atoms with van der Waals surface area (Å²) >= 11 is 0. The van der Waals surface area contributed by atoms with E-state index < -0.39 is 11.5 Å². The molecule has 0 aromatic rings. The fourth-order valence-corrected chi connectivity index (χ4v) is 2.04. The van der Waals surface area contributed by atoms with Gasteiger partial charge in [-0.3, -0.25) is 4.79 Å². The van der Waals surface area contributed by atoms with E-state index in [4.69, 9.17) is 0 Å². The van der Waals surface area contributed by atoms with Crippen LogP contribution in [-0.4, -0.2) is 17.0 Å². The molecular weight excluding hydrogens is 152 g/mol. The summed E-state index contributed by atoms with van der Waals surface area (Å²) in [5.41, 5.74) is -0.437. The Hall–Kier alpha value is -0.370. The smallest absolute Gasteiger partial charge is 0.141 e. The highest BCUT2D eigenvalue weighted by atomic mass is 16.3. The van der Waals surface area contributed by atoms with Gasteiger partial charge < -0.3 is 5.11 Å². The molecule has 0 heterocycles. The maximum atomic E-state index is 11.5. The molecule has 2 atom stereocenters. The minimum Gasteiger partial charge on any atom is -0.392 e. The second kappa shape index (κ2) is 3.56. The molecule has 0 aromatic carbocycles. The monoisotopic (exact) mass is 170 g/mol. The Bertz CT molecular complexity index is 177. The maximum absolute atomic E-state index is 11.5. The van der Waals surface area contributed by atoms with Gasteiger partial charge in [0.1, 0.15) is 5.78 Å². The first-order chi connectivity index (χ1) is 5.61. The molecule has 2 nitrogen and oxygen atoms in total. The fraction of sp³-hybridized carbons (Fsp3) is 0.900. The molecule has 1 rings (SSSR count). The highest BCUT2D eigenvalue weighted by Gasteiger charge is 2.40. The Balaban J connectivity index is 2.72. The predicted molar refractivity (Wildman–Crippen MR) is 47.9 cm³/mol. The van der Waals surface area contributed by atoms with Gasteiger partial charge in [-0.05, 0) is 12.8 Å². The van der Waals surface area contributed by atoms with E-state index in [1.165, 1.54) is 0 Å². The van der Waals surface area contributed by atoms with Crippen molar-refractivity contribution in [2.75, 3.05) is 0 Å². The second-order valence-corrected chi connectivity index (χ2v) is 3.96. The molecular formula is C10H18O2. The van der Waals surface area contributed by atoms with Gasteiger partial charge in [0.25, 0.3) is 0 Å². The zero-order valence-corrected chi connectivity index (χ0v) is 7.97. The van der Waals surface area contributed by atoms with E-state index in [2.05, 4.69) is 0 Å². The van der Waals surface area contributed by atoms with E-state index in [9.17, 15) is 9.90 Å². The normalized spacial score (nSPS) is 36.4. The lowest BCUT2D eigenvalue weighted by atomic mass is 9.70. The van der Waals surface area contributed by atoms with Crippen LogP contribution in [0.2, 0.25) is 0 Å². The minimum atomic E-state index is -0.437. The third-order valence-corrected chi connectivity index (χ3v) is 3.12. The number of hydrogen-bond acceptors (Lipinski definition) is 2. The summed E-state index contributed by atoms with van der Waals surface area (Å²) in [7, 11) is 0. The third-order valence-electron chi connectivity index (χ3n) is 3.12. The van der Waals surface area contributed by atoms with Gasteiger partial charge in [0.2, 0.25) is 0 Å². The van der Waals surface area contributed by atoms with Gasteiger partial charge in [-0.25, -0.2) is 0 Å². The molecule has 0 spiro atoms. The van der Waals surface area contributed by atoms with Crippen molar-refractivity contribution < 1.29 is 9.90 Å². The molecule has 0 bridgehead atoms. The van der Waals surface area contributed by atoms with Gasteiger partial charge >= 0.3 is 0 Å². The topological polar surface area (TPSA) is 37.3 Å². The highest BCUT2D eigenvalue weighted by molar-refractivity contribution is 5.84. The van der Waals surface area contributed by atoms with Crippen LogP contribution in [0.3, 0.4) is 0 Å². The van der Waals surface area contributed by atoms with Gasteiger partial charge in [-0.2, -0.15) is 0 Å². The number of Topliss-reactive ketones (excluding diaryl/α,β-unsaturated/α-hetero) is 1. The number of aliphatic hydroxyl groups excluding tert-OH is 1. The van der Waals surface area contributed by atoms with E-state index in [0.717, 1.165) is 25.7 Å². The summed E-state index contributed by atoms with van der Waals surface area (Å²) < 4.78 is 0. The van der Waals surface area contributed by atoms with Crippen LogP contribution in [0, 0.1) is 5.41 Å². The molecule has 70 valence electrons. The fourth-order valence-electron chi connectivity index (χ4n) is 2.04. The van der Waals surface area contributed by atoms with Crippen LogP contribution in [0.4, 0.5) is 0 Å². The van der Waals surface area contributed by atoms with Crippen LogP contribution >= 0.6 is 0 Å². The number of hydrogen-bond donors (Lipinski definition) is 1. The molecule has 1 aliphatic carbocycles. The minimum absolute atomic E-state index is 0.217. The third kappa shape index (κ3) is 1.53. The van der Waals surface area contributed by atoms with Crippen molar-refractivity contribution in [2.45, 2.75) is 52.1 Å². The van der Waals surface area contributed by atoms with Crippen molar-refractivity contribution in [3.8, 4) is 0 Å². The van der Waals surface area contributed by atoms with Crippen molar-refractivity contribution in [1.29, 1.82) is 0 Å². The molecule has 1 N–H and O–H groups in total. The standard InChI is InChI=1S/C10H18O2/c1-3-8(11)10(2)7-5-4-6-9(10)12/h9,12H,3-7H2,1-2H3. The Labute approximate surface area is 74.0 Å². The van der Waals surface area contributed by atoms with Gasteiger partial charge in [-0.15, -0.1) is 0 Å². The molecule has 0 amide bonds. The lowest BCUT2D eigenvalue weighted by Crippen LogP contribution is -2.41. The summed E-state index contributed by atoms with van der Waals surface area (Å²) in [6.45, 7) is 3.78. The van der Waals surface area contributed by atoms with Crippen molar-refractivity contribution >= 4 is 5.78 Å². The average molecular weight is 170 g/mol. The quantitative estimate of drug-likeness (QED) is 0.687. The van der Waals surface area contributed by atoms with E-state index >= 15 is 0 Å². The number of carbonyl (C=O) groups is 1. The summed E-state index contributed by atoms with van der Waals surface area (Å²) in [5.74, 6) is 0.217. The molecule has 1 aliphatic rings. The van der Waals surface area contributed by atoms with Crippen LogP contribution in [0.15, 0.2) is 0 Å². The summed E-state index contributed by atoms with van der Waals surface area (Å²) in [4.78, 5) is 11.5. The lowest BCUT2D eigenvalue weighted by molar-refractivity contribution is -0.137. The van der Waals surface area contributed by atoms with E-state index in [1.807, 2.05) is 13.8 Å².